The predicted molar refractivity (Wildman–Crippen MR) is 84.4 cm³/mol. The summed E-state index contributed by atoms with van der Waals surface area (Å²) in [6.07, 6.45) is 0. The zero-order valence-electron chi connectivity index (χ0n) is 12.4. The zero-order valence-corrected chi connectivity index (χ0v) is 12.4. The highest BCUT2D eigenvalue weighted by Crippen LogP contribution is 2.14. The van der Waals surface area contributed by atoms with Crippen molar-refractivity contribution in [1.82, 2.24) is 4.90 Å². The molecular formula is C16H20BNO3. The molecule has 4 nitrogen and oxygen atoms in total. The summed E-state index contributed by atoms with van der Waals surface area (Å²) >= 11 is 0. The van der Waals surface area contributed by atoms with E-state index in [4.69, 9.17) is 4.74 Å². The molecule has 0 amide bonds. The summed E-state index contributed by atoms with van der Waals surface area (Å²) in [5, 5.41) is 18.4. The smallest absolute Gasteiger partial charge is 0.488 e. The predicted octanol–water partition coefficient (Wildman–Crippen LogP) is 1.01. The van der Waals surface area contributed by atoms with Gasteiger partial charge < -0.3 is 14.8 Å². The Morgan fingerprint density at radius 3 is 2.24 bits per heavy atom. The van der Waals surface area contributed by atoms with Crippen LogP contribution in [-0.2, 0) is 13.1 Å². The molecule has 0 aromatic heterocycles. The van der Waals surface area contributed by atoms with Crippen molar-refractivity contribution in [2.24, 2.45) is 0 Å². The van der Waals surface area contributed by atoms with E-state index in [-0.39, 0.29) is 0 Å². The maximum atomic E-state index is 9.20. The molecule has 0 aliphatic rings. The van der Waals surface area contributed by atoms with Crippen LogP contribution in [0.4, 0.5) is 0 Å². The van der Waals surface area contributed by atoms with Crippen LogP contribution in [-0.4, -0.2) is 36.2 Å². The summed E-state index contributed by atoms with van der Waals surface area (Å²) in [6, 6.07) is 15.3. The first kappa shape index (κ1) is 15.6. The number of ether oxygens (including phenoxy) is 1. The molecule has 0 bridgehead atoms. The van der Waals surface area contributed by atoms with Gasteiger partial charge in [0.2, 0.25) is 0 Å². The van der Waals surface area contributed by atoms with Crippen LogP contribution in [0.3, 0.4) is 0 Å². The SMILES string of the molecule is COc1cccc(CN(C)Cc2cccc(B(O)O)c2)c1. The van der Waals surface area contributed by atoms with Crippen LogP contribution < -0.4 is 10.2 Å². The van der Waals surface area contributed by atoms with E-state index in [9.17, 15) is 10.0 Å². The van der Waals surface area contributed by atoms with Crippen LogP contribution in [0.5, 0.6) is 5.75 Å². The van der Waals surface area contributed by atoms with E-state index in [1.807, 2.05) is 43.4 Å². The molecule has 0 unspecified atom stereocenters. The topological polar surface area (TPSA) is 52.9 Å². The second-order valence-corrected chi connectivity index (χ2v) is 5.14. The summed E-state index contributed by atoms with van der Waals surface area (Å²) in [4.78, 5) is 2.16. The molecule has 2 aromatic carbocycles. The van der Waals surface area contributed by atoms with Crippen molar-refractivity contribution in [3.05, 3.63) is 59.7 Å². The van der Waals surface area contributed by atoms with Gasteiger partial charge in [-0.05, 0) is 35.8 Å². The molecule has 2 aromatic rings. The van der Waals surface area contributed by atoms with E-state index >= 15 is 0 Å². The first-order valence-electron chi connectivity index (χ1n) is 6.85. The van der Waals surface area contributed by atoms with Crippen LogP contribution in [0.15, 0.2) is 48.5 Å². The Kier molecular flexibility index (Phi) is 5.39. The molecule has 5 heteroatoms. The van der Waals surface area contributed by atoms with Crippen molar-refractivity contribution < 1.29 is 14.8 Å². The maximum Gasteiger partial charge on any atom is 0.488 e. The van der Waals surface area contributed by atoms with Crippen LogP contribution in [0.25, 0.3) is 0 Å². The molecular weight excluding hydrogens is 265 g/mol. The normalized spacial score (nSPS) is 10.7. The van der Waals surface area contributed by atoms with E-state index in [1.54, 1.807) is 13.2 Å². The number of rotatable bonds is 6. The Labute approximate surface area is 125 Å². The number of nitrogens with zero attached hydrogens (tertiary/aromatic N) is 1. The summed E-state index contributed by atoms with van der Waals surface area (Å²) in [5.41, 5.74) is 2.74. The molecule has 0 atom stereocenters. The van der Waals surface area contributed by atoms with Crippen LogP contribution in [0.2, 0.25) is 0 Å². The molecule has 2 rings (SSSR count). The maximum absolute atomic E-state index is 9.20. The lowest BCUT2D eigenvalue weighted by atomic mass is 9.79. The van der Waals surface area contributed by atoms with Crippen LogP contribution in [0.1, 0.15) is 11.1 Å². The van der Waals surface area contributed by atoms with Gasteiger partial charge in [-0.15, -0.1) is 0 Å². The third kappa shape index (κ3) is 4.60. The molecule has 0 heterocycles. The van der Waals surface area contributed by atoms with E-state index in [1.165, 1.54) is 5.56 Å². The largest absolute Gasteiger partial charge is 0.497 e. The van der Waals surface area contributed by atoms with Gasteiger partial charge in [0.05, 0.1) is 7.11 Å². The fourth-order valence-corrected chi connectivity index (χ4v) is 2.30. The molecule has 0 spiro atoms. The van der Waals surface area contributed by atoms with Crippen molar-refractivity contribution in [1.29, 1.82) is 0 Å². The van der Waals surface area contributed by atoms with Gasteiger partial charge in [-0.1, -0.05) is 36.4 Å². The standard InChI is InChI=1S/C16H20BNO3/c1-18(12-14-6-4-8-16(10-14)21-2)11-13-5-3-7-15(9-13)17(19)20/h3-10,19-20H,11-12H2,1-2H3. The molecule has 0 saturated carbocycles. The van der Waals surface area contributed by atoms with Gasteiger partial charge in [-0.3, -0.25) is 4.90 Å². The second-order valence-electron chi connectivity index (χ2n) is 5.14. The van der Waals surface area contributed by atoms with E-state index < -0.39 is 7.12 Å². The first-order chi connectivity index (χ1) is 10.1. The molecule has 0 saturated heterocycles. The molecule has 0 aliphatic carbocycles. The Morgan fingerprint density at radius 2 is 1.62 bits per heavy atom. The van der Waals surface area contributed by atoms with Gasteiger partial charge >= 0.3 is 7.12 Å². The summed E-state index contributed by atoms with van der Waals surface area (Å²) in [5.74, 6) is 0.853. The van der Waals surface area contributed by atoms with Crippen LogP contribution in [0, 0.1) is 0 Å². The van der Waals surface area contributed by atoms with Gasteiger partial charge in [-0.2, -0.15) is 0 Å². The van der Waals surface area contributed by atoms with Crippen molar-refractivity contribution in [2.45, 2.75) is 13.1 Å². The summed E-state index contributed by atoms with van der Waals surface area (Å²) in [6.45, 7) is 1.53. The van der Waals surface area contributed by atoms with Gasteiger partial charge in [0.15, 0.2) is 0 Å². The third-order valence-corrected chi connectivity index (χ3v) is 3.29. The van der Waals surface area contributed by atoms with E-state index in [0.717, 1.165) is 24.4 Å². The Hall–Kier alpha value is -1.82. The van der Waals surface area contributed by atoms with Gasteiger partial charge in [-0.25, -0.2) is 0 Å². The summed E-state index contributed by atoms with van der Waals surface area (Å²) in [7, 11) is 2.27. The first-order valence-corrected chi connectivity index (χ1v) is 6.85. The summed E-state index contributed by atoms with van der Waals surface area (Å²) < 4.78 is 5.22. The quantitative estimate of drug-likeness (QED) is 0.778. The molecule has 2 N–H and O–H groups in total. The lowest BCUT2D eigenvalue weighted by Crippen LogP contribution is -2.30. The van der Waals surface area contributed by atoms with Crippen LogP contribution >= 0.6 is 0 Å². The van der Waals surface area contributed by atoms with Crippen molar-refractivity contribution in [3.63, 3.8) is 0 Å². The Balaban J connectivity index is 2.00. The van der Waals surface area contributed by atoms with E-state index in [2.05, 4.69) is 11.0 Å². The minimum Gasteiger partial charge on any atom is -0.497 e. The average molecular weight is 285 g/mol. The number of benzene rings is 2. The van der Waals surface area contributed by atoms with E-state index in [0.29, 0.717) is 5.46 Å². The Bertz CT molecular complexity index is 589. The zero-order chi connectivity index (χ0) is 15.2. The molecule has 0 aliphatic heterocycles. The number of hydrogen-bond acceptors (Lipinski definition) is 4. The third-order valence-electron chi connectivity index (χ3n) is 3.29. The minimum absolute atomic E-state index is 0.516. The average Bonchev–Trinajstić information content (AvgIpc) is 2.47. The highest BCUT2D eigenvalue weighted by Gasteiger charge is 2.11. The number of methoxy groups -OCH3 is 1. The highest BCUT2D eigenvalue weighted by molar-refractivity contribution is 6.58. The van der Waals surface area contributed by atoms with Crippen molar-refractivity contribution in [3.8, 4) is 5.75 Å². The second kappa shape index (κ2) is 7.27. The lowest BCUT2D eigenvalue weighted by Gasteiger charge is -2.17. The molecule has 0 radical (unpaired) electrons. The Morgan fingerprint density at radius 1 is 1.00 bits per heavy atom. The number of hydrogen-bond donors (Lipinski definition) is 2. The van der Waals surface area contributed by atoms with Gasteiger partial charge in [0.1, 0.15) is 5.75 Å². The monoisotopic (exact) mass is 285 g/mol. The molecule has 110 valence electrons. The van der Waals surface area contributed by atoms with Gasteiger partial charge in [0, 0.05) is 13.1 Å². The van der Waals surface area contributed by atoms with Gasteiger partial charge in [0.25, 0.3) is 0 Å². The van der Waals surface area contributed by atoms with Crippen molar-refractivity contribution in [2.75, 3.05) is 14.2 Å². The minimum atomic E-state index is -1.42. The lowest BCUT2D eigenvalue weighted by molar-refractivity contribution is 0.318. The molecule has 21 heavy (non-hydrogen) atoms. The molecule has 0 fully saturated rings. The van der Waals surface area contributed by atoms with Crippen molar-refractivity contribution >= 4 is 12.6 Å². The fraction of sp³-hybridized carbons (Fsp3) is 0.250. The fourth-order valence-electron chi connectivity index (χ4n) is 2.30. The highest BCUT2D eigenvalue weighted by atomic mass is 16.5.